The Balaban J connectivity index is 0.000000110. The molecule has 0 N–H and O–H groups in total. The van der Waals surface area contributed by atoms with Crippen LogP contribution in [0, 0.1) is 0 Å². The second kappa shape index (κ2) is 31.6. The molecule has 0 unspecified atom stereocenters. The lowest BCUT2D eigenvalue weighted by atomic mass is 9.91. The first-order valence-corrected chi connectivity index (χ1v) is 43.7. The summed E-state index contributed by atoms with van der Waals surface area (Å²) < 4.78 is 9.62. The third kappa shape index (κ3) is 13.0. The van der Waals surface area contributed by atoms with E-state index < -0.39 is 0 Å². The van der Waals surface area contributed by atoms with Gasteiger partial charge in [-0.05, 0) is 168 Å². The van der Waals surface area contributed by atoms with Gasteiger partial charge in [0.15, 0.2) is 5.82 Å². The van der Waals surface area contributed by atoms with Crippen LogP contribution in [-0.2, 0) is 0 Å². The molecular weight excluding hydrogens is 1550 g/mol. The van der Waals surface area contributed by atoms with Crippen LogP contribution in [0.15, 0.2) is 480 Å². The Hall–Kier alpha value is -17.1. The Kier molecular flexibility index (Phi) is 18.5. The molecule has 0 aliphatic heterocycles. The predicted octanol–water partition coefficient (Wildman–Crippen LogP) is 31.9. The SMILES string of the molecule is c1ccc(-c2cc(-c3cc(-n4c5ccccc5c5ccccc54)cc(-n4c5ccncc5c5c6ccccc6ccc54)c3)nc(-c3ccccc3)n2)cc1.c1ccc(-c2ccc(-c3ccccc3)c(-c3ccc(-n4c5ccccc5c5ccc6ccccc6c54)cc3)c2)cc1.c1ccc2c(-c3ccc(-n4c5ccccc5c5ccc6ccccc6c54)cc3)cccc2c1. The second-order valence-electron chi connectivity index (χ2n) is 32.9. The molecule has 0 spiro atoms. The van der Waals surface area contributed by atoms with Crippen LogP contribution >= 0.6 is 0 Å². The molecule has 0 aliphatic rings. The fraction of sp³-hybridized carbons (Fsp3) is 0. The fourth-order valence-electron chi connectivity index (χ4n) is 19.7. The van der Waals surface area contributed by atoms with Gasteiger partial charge >= 0.3 is 0 Å². The minimum Gasteiger partial charge on any atom is -0.309 e. The van der Waals surface area contributed by atoms with Gasteiger partial charge in [-0.25, -0.2) is 9.97 Å². The van der Waals surface area contributed by atoms with E-state index >= 15 is 0 Å². The fourth-order valence-corrected chi connectivity index (χ4v) is 19.7. The smallest absolute Gasteiger partial charge is 0.160 e. The van der Waals surface area contributed by atoms with E-state index in [-0.39, 0.29) is 0 Å². The zero-order valence-corrected chi connectivity index (χ0v) is 69.7. The molecule has 6 heterocycles. The average Bonchev–Trinajstić information content (AvgIpc) is 1.62. The largest absolute Gasteiger partial charge is 0.309 e. The van der Waals surface area contributed by atoms with Crippen molar-refractivity contribution in [2.75, 3.05) is 0 Å². The van der Waals surface area contributed by atoms with Crippen molar-refractivity contribution in [1.29, 1.82) is 0 Å². The van der Waals surface area contributed by atoms with Crippen molar-refractivity contribution in [3.63, 3.8) is 0 Å². The van der Waals surface area contributed by atoms with Crippen molar-refractivity contribution in [1.82, 2.24) is 33.2 Å². The van der Waals surface area contributed by atoms with Crippen LogP contribution in [0.3, 0.4) is 0 Å². The third-order valence-electron chi connectivity index (χ3n) is 25.6. The summed E-state index contributed by atoms with van der Waals surface area (Å²) in [6.07, 6.45) is 3.89. The maximum Gasteiger partial charge on any atom is 0.160 e. The molecule has 26 rings (SSSR count). The first-order valence-electron chi connectivity index (χ1n) is 43.7. The van der Waals surface area contributed by atoms with E-state index in [9.17, 15) is 0 Å². The van der Waals surface area contributed by atoms with Crippen LogP contribution in [0.2, 0.25) is 0 Å². The number of nitrogens with zero attached hydrogens (tertiary/aromatic N) is 7. The van der Waals surface area contributed by atoms with E-state index in [0.29, 0.717) is 5.82 Å². The highest BCUT2D eigenvalue weighted by Gasteiger charge is 2.24. The zero-order valence-electron chi connectivity index (χ0n) is 69.7. The van der Waals surface area contributed by atoms with Gasteiger partial charge < -0.3 is 18.3 Å². The van der Waals surface area contributed by atoms with Gasteiger partial charge in [-0.15, -0.1) is 0 Å². The van der Waals surface area contributed by atoms with E-state index in [1.165, 1.54) is 153 Å². The van der Waals surface area contributed by atoms with Crippen LogP contribution < -0.4 is 0 Å². The normalized spacial score (nSPS) is 11.6. The summed E-state index contributed by atoms with van der Waals surface area (Å²) in [6, 6.07) is 167. The molecule has 26 aromatic rings. The van der Waals surface area contributed by atoms with Crippen LogP contribution in [0.1, 0.15) is 0 Å². The second-order valence-corrected chi connectivity index (χ2v) is 32.9. The molecule has 0 atom stereocenters. The molecule has 7 heteroatoms. The Bertz CT molecular complexity index is 8670. The van der Waals surface area contributed by atoms with E-state index in [0.717, 1.165) is 72.6 Å². The van der Waals surface area contributed by atoms with Gasteiger partial charge in [0.2, 0.25) is 0 Å². The molecule has 6 aromatic heterocycles. The molecule has 0 radical (unpaired) electrons. The lowest BCUT2D eigenvalue weighted by Gasteiger charge is -2.16. The molecule has 598 valence electrons. The Morgan fingerprint density at radius 2 is 0.555 bits per heavy atom. The average molecular weight is 1630 g/mol. The number of hydrogen-bond acceptors (Lipinski definition) is 3. The van der Waals surface area contributed by atoms with Crippen molar-refractivity contribution in [2.24, 2.45) is 0 Å². The summed E-state index contributed by atoms with van der Waals surface area (Å²) in [5.41, 5.74) is 28.5. The van der Waals surface area contributed by atoms with Crippen LogP contribution in [-0.4, -0.2) is 33.2 Å². The van der Waals surface area contributed by atoms with Crippen molar-refractivity contribution in [2.45, 2.75) is 0 Å². The van der Waals surface area contributed by atoms with Crippen LogP contribution in [0.5, 0.6) is 0 Å². The summed E-state index contributed by atoms with van der Waals surface area (Å²) in [5, 5.41) is 19.9. The summed E-state index contributed by atoms with van der Waals surface area (Å²) in [4.78, 5) is 15.0. The first kappa shape index (κ1) is 74.7. The summed E-state index contributed by atoms with van der Waals surface area (Å²) in [6.45, 7) is 0. The molecule has 0 fully saturated rings. The van der Waals surface area contributed by atoms with E-state index in [2.05, 4.69) is 466 Å². The van der Waals surface area contributed by atoms with E-state index in [1.807, 2.05) is 36.7 Å². The maximum absolute atomic E-state index is 5.29. The lowest BCUT2D eigenvalue weighted by molar-refractivity contribution is 1.13. The number of rotatable bonds is 11. The maximum atomic E-state index is 5.29. The van der Waals surface area contributed by atoms with Crippen molar-refractivity contribution >= 4 is 130 Å². The standard InChI is InChI=1S/C49H31N5.C40H27N.C32H21N/c1-3-14-33(15-4-1)42-30-43(52-49(51-42)34-16-5-2-6-17-34)35-27-36(53-44-21-11-9-19-39(44)40-20-10-12-22-45(40)53)29-37(28-35)54-46-25-26-50-31-41(46)48-38-18-8-7-13-32(38)23-24-47(48)54;1-3-11-28(12-4-1)32-22-25-34(29-13-5-2-6-14-29)38(27-32)31-19-23-33(24-20-31)41-39-18-10-9-17-36(39)37-26-21-30-15-7-8-16-35(30)40(37)41;1-3-11-26-22(8-1)10-7-14-27(26)24-16-19-25(20-17-24)33-31-15-6-5-13-29(31)30-21-18-23-9-2-4-12-28(23)32(30)33/h1-31H;1-27H;1-21H. The van der Waals surface area contributed by atoms with Gasteiger partial charge in [0, 0.05) is 106 Å². The number of hydrogen-bond donors (Lipinski definition) is 0. The number of fused-ring (bicyclic) bond motifs is 19. The number of para-hydroxylation sites is 4. The van der Waals surface area contributed by atoms with Gasteiger partial charge in [-0.3, -0.25) is 4.98 Å². The quantitative estimate of drug-likeness (QED) is 0.130. The van der Waals surface area contributed by atoms with Crippen LogP contribution in [0.25, 0.3) is 231 Å². The Morgan fingerprint density at radius 1 is 0.172 bits per heavy atom. The third-order valence-corrected chi connectivity index (χ3v) is 25.6. The molecule has 0 saturated heterocycles. The number of benzene rings is 20. The van der Waals surface area contributed by atoms with E-state index in [1.54, 1.807) is 0 Å². The van der Waals surface area contributed by atoms with Gasteiger partial charge in [-0.2, -0.15) is 0 Å². The Morgan fingerprint density at radius 3 is 1.10 bits per heavy atom. The number of aromatic nitrogens is 7. The molecule has 0 bridgehead atoms. The van der Waals surface area contributed by atoms with Gasteiger partial charge in [-0.1, -0.05) is 376 Å². The summed E-state index contributed by atoms with van der Waals surface area (Å²) >= 11 is 0. The Labute approximate surface area is 739 Å². The number of pyridine rings is 1. The van der Waals surface area contributed by atoms with Crippen molar-refractivity contribution in [3.8, 4) is 101 Å². The molecule has 7 nitrogen and oxygen atoms in total. The first-order chi connectivity index (χ1) is 63.5. The summed E-state index contributed by atoms with van der Waals surface area (Å²) in [7, 11) is 0. The van der Waals surface area contributed by atoms with Crippen molar-refractivity contribution < 1.29 is 0 Å². The van der Waals surface area contributed by atoms with Crippen molar-refractivity contribution in [3.05, 3.63) is 480 Å². The highest BCUT2D eigenvalue weighted by atomic mass is 15.0. The molecule has 0 aliphatic carbocycles. The monoisotopic (exact) mass is 1630 g/mol. The minimum atomic E-state index is 0.685. The van der Waals surface area contributed by atoms with Crippen LogP contribution in [0.4, 0.5) is 0 Å². The topological polar surface area (TPSA) is 58.4 Å². The lowest BCUT2D eigenvalue weighted by Crippen LogP contribution is -2.01. The predicted molar refractivity (Wildman–Crippen MR) is 538 cm³/mol. The minimum absolute atomic E-state index is 0.685. The highest BCUT2D eigenvalue weighted by molar-refractivity contribution is 6.23. The zero-order chi connectivity index (χ0) is 84.5. The molecule has 0 amide bonds. The highest BCUT2D eigenvalue weighted by Crippen LogP contribution is 2.45. The van der Waals surface area contributed by atoms with Gasteiger partial charge in [0.1, 0.15) is 0 Å². The summed E-state index contributed by atoms with van der Waals surface area (Å²) in [5.74, 6) is 0.685. The molecule has 20 aromatic carbocycles. The van der Waals surface area contributed by atoms with Gasteiger partial charge in [0.05, 0.1) is 55.5 Å². The molecular formula is C121H79N7. The molecule has 128 heavy (non-hydrogen) atoms. The van der Waals surface area contributed by atoms with Gasteiger partial charge in [0.25, 0.3) is 0 Å². The molecule has 0 saturated carbocycles. The van der Waals surface area contributed by atoms with E-state index in [4.69, 9.17) is 9.97 Å².